The van der Waals surface area contributed by atoms with Crippen molar-refractivity contribution >= 4 is 34.2 Å². The van der Waals surface area contributed by atoms with Gasteiger partial charge in [0.15, 0.2) is 0 Å². The maximum atomic E-state index is 6.14. The predicted octanol–water partition coefficient (Wildman–Crippen LogP) is 22.7. The molecule has 460 valence electrons. The van der Waals surface area contributed by atoms with Crippen molar-refractivity contribution in [3.8, 4) is 78.7 Å². The highest BCUT2D eigenvalue weighted by molar-refractivity contribution is 6.04. The van der Waals surface area contributed by atoms with Gasteiger partial charge in [0.1, 0.15) is 17.2 Å². The van der Waals surface area contributed by atoms with Crippen LogP contribution in [0.4, 0.5) is 0 Å². The molecule has 0 unspecified atom stereocenters. The molecule has 0 aliphatic carbocycles. The van der Waals surface area contributed by atoms with Crippen molar-refractivity contribution in [2.45, 2.75) is 209 Å². The van der Waals surface area contributed by atoms with Gasteiger partial charge in [0.2, 0.25) is 0 Å². The smallest absolute Gasteiger partial charge is 0.138 e. The van der Waals surface area contributed by atoms with E-state index in [1.807, 2.05) is 24.5 Å². The van der Waals surface area contributed by atoms with Gasteiger partial charge in [0.05, 0.1) is 22.8 Å². The molecule has 2 aliphatic rings. The van der Waals surface area contributed by atoms with E-state index in [1.165, 1.54) is 44.5 Å². The van der Waals surface area contributed by atoms with Gasteiger partial charge in [-0.2, -0.15) is 0 Å². The van der Waals surface area contributed by atoms with Crippen LogP contribution >= 0.6 is 0 Å². The minimum Gasteiger partial charge on any atom is -0.354 e. The van der Waals surface area contributed by atoms with Crippen molar-refractivity contribution in [1.82, 2.24) is 34.9 Å². The fourth-order valence-corrected chi connectivity index (χ4v) is 12.2. The summed E-state index contributed by atoms with van der Waals surface area (Å²) in [4.78, 5) is 34.6. The first-order chi connectivity index (χ1) is 41.1. The van der Waals surface area contributed by atoms with Gasteiger partial charge in [-0.15, -0.1) is 0 Å². The molecule has 7 heteroatoms. The minimum absolute atomic E-state index is 0.136. The number of hydrogen-bond acceptors (Lipinski definition) is 4. The van der Waals surface area contributed by atoms with Crippen molar-refractivity contribution < 1.29 is 0 Å². The van der Waals surface area contributed by atoms with Gasteiger partial charge in [0.25, 0.3) is 0 Å². The number of imidazole rings is 1. The number of fused-ring (bicyclic) bond motifs is 11. The summed E-state index contributed by atoms with van der Waals surface area (Å²) in [5, 5.41) is 0. The lowest BCUT2D eigenvalue weighted by molar-refractivity contribution is 0.568. The highest BCUT2D eigenvalue weighted by Crippen LogP contribution is 2.50. The Morgan fingerprint density at radius 1 is 0.258 bits per heavy atom. The van der Waals surface area contributed by atoms with Gasteiger partial charge in [-0.05, 0) is 159 Å². The number of H-pyrrole nitrogens is 3. The molecule has 7 nitrogen and oxygen atoms in total. The lowest BCUT2D eigenvalue weighted by Crippen LogP contribution is -2.16. The normalized spacial score (nSPS) is 13.6. The van der Waals surface area contributed by atoms with Crippen LogP contribution in [0.3, 0.4) is 0 Å². The molecule has 0 saturated carbocycles. The zero-order valence-corrected chi connectivity index (χ0v) is 58.0. The molecule has 3 N–H and O–H groups in total. The van der Waals surface area contributed by atoms with E-state index in [0.29, 0.717) is 0 Å². The Labute approximate surface area is 531 Å². The maximum absolute atomic E-state index is 6.14. The Hall–Kier alpha value is -7.90. The van der Waals surface area contributed by atoms with E-state index in [1.54, 1.807) is 0 Å². The van der Waals surface area contributed by atoms with Crippen molar-refractivity contribution in [3.63, 3.8) is 0 Å². The Morgan fingerprint density at radius 3 is 0.843 bits per heavy atom. The number of pyridine rings is 1. The number of nitrogens with zero attached hydrogens (tertiary/aromatic N) is 4. The quantitative estimate of drug-likeness (QED) is 0.160. The molecule has 0 amide bonds. The summed E-state index contributed by atoms with van der Waals surface area (Å²) in [5.41, 5.74) is 26.9. The second kappa shape index (κ2) is 21.4. The molecule has 4 aromatic carbocycles. The molecule has 2 aliphatic heterocycles. The fraction of sp³-hybridized carbons (Fsp3) is 0.390. The number of benzene rings is 4. The average molecular weight is 1180 g/mol. The molecule has 5 aromatic heterocycles. The van der Waals surface area contributed by atoms with E-state index in [9.17, 15) is 0 Å². The minimum atomic E-state index is -0.172. The molecule has 0 saturated heterocycles. The molecule has 0 radical (unpaired) electrons. The Morgan fingerprint density at radius 2 is 0.539 bits per heavy atom. The Balaban J connectivity index is 1.44. The number of rotatable bonds is 5. The average Bonchev–Trinajstić information content (AvgIpc) is 1.63. The number of aromatic amines is 3. The van der Waals surface area contributed by atoms with Gasteiger partial charge in [0, 0.05) is 62.3 Å². The summed E-state index contributed by atoms with van der Waals surface area (Å²) in [7, 11) is 0. The van der Waals surface area contributed by atoms with Crippen LogP contribution in [-0.4, -0.2) is 34.9 Å². The van der Waals surface area contributed by atoms with E-state index >= 15 is 0 Å². The van der Waals surface area contributed by atoms with Crippen LogP contribution in [0.1, 0.15) is 222 Å². The molecule has 0 spiro atoms. The summed E-state index contributed by atoms with van der Waals surface area (Å²) < 4.78 is 0. The first-order valence-corrected chi connectivity index (χ1v) is 32.3. The highest BCUT2D eigenvalue weighted by atomic mass is 15.0. The molecule has 0 fully saturated rings. The molecule has 11 rings (SSSR count). The highest BCUT2D eigenvalue weighted by Gasteiger charge is 2.33. The van der Waals surface area contributed by atoms with Crippen LogP contribution in [-0.2, 0) is 43.3 Å². The van der Waals surface area contributed by atoms with Gasteiger partial charge in [-0.3, -0.25) is 4.98 Å². The van der Waals surface area contributed by atoms with Crippen LogP contribution in [0.2, 0.25) is 0 Å². The second-order valence-corrected chi connectivity index (χ2v) is 33.8. The van der Waals surface area contributed by atoms with Crippen LogP contribution in [0.5, 0.6) is 0 Å². The first kappa shape index (κ1) is 62.7. The van der Waals surface area contributed by atoms with Crippen molar-refractivity contribution in [1.29, 1.82) is 0 Å². The molecular formula is C82H97N7. The van der Waals surface area contributed by atoms with E-state index in [2.05, 4.69) is 295 Å². The molecule has 9 aromatic rings. The maximum Gasteiger partial charge on any atom is 0.138 e. The fourth-order valence-electron chi connectivity index (χ4n) is 12.2. The molecular weight excluding hydrogens is 1080 g/mol. The van der Waals surface area contributed by atoms with E-state index in [-0.39, 0.29) is 43.3 Å². The van der Waals surface area contributed by atoms with E-state index < -0.39 is 0 Å². The van der Waals surface area contributed by atoms with Gasteiger partial charge < -0.3 is 15.0 Å². The van der Waals surface area contributed by atoms with Crippen LogP contribution < -0.4 is 0 Å². The van der Waals surface area contributed by atoms with E-state index in [4.69, 9.17) is 15.0 Å². The second-order valence-electron chi connectivity index (χ2n) is 33.8. The number of aromatic nitrogens is 7. The topological polar surface area (TPSA) is 98.9 Å². The number of nitrogens with one attached hydrogen (secondary N) is 3. The standard InChI is InChI=1S/C82H97N7/c1-75(2,3)52-35-48(36-53(43-52)76(4,5)6)66-60-25-26-61(84-60)67(49-37-54(77(7,8)9)44-55(38-49)78(10,11)12)63-28-30-65(86-63)69(51-41-58(81(19,20)21)46-59(42-51)82(22,23)24)71-73-72(88-74(89-73)47-31-33-83-34-32-47)70(87-71)68(64-29-27-62(66)85-64)50-39-56(79(13,14)15)45-57(40-50)80(16,17)18/h25-46,85-86H,1-24H3,(H,88,89). The van der Waals surface area contributed by atoms with Crippen molar-refractivity contribution in [3.05, 3.63) is 177 Å². The third kappa shape index (κ3) is 12.3. The first-order valence-electron chi connectivity index (χ1n) is 32.3. The summed E-state index contributed by atoms with van der Waals surface area (Å²) in [6, 6.07) is 42.1. The number of hydrogen-bond donors (Lipinski definition) is 3. The molecule has 7 heterocycles. The third-order valence-corrected chi connectivity index (χ3v) is 18.2. The molecule has 0 atom stereocenters. The van der Waals surface area contributed by atoms with Crippen molar-refractivity contribution in [2.75, 3.05) is 0 Å². The summed E-state index contributed by atoms with van der Waals surface area (Å²) in [6.07, 6.45) is 8.19. The van der Waals surface area contributed by atoms with Gasteiger partial charge >= 0.3 is 0 Å². The van der Waals surface area contributed by atoms with Crippen LogP contribution in [0, 0.1) is 0 Å². The van der Waals surface area contributed by atoms with E-state index in [0.717, 1.165) is 112 Å². The zero-order chi connectivity index (χ0) is 64.7. The Bertz CT molecular complexity index is 4080. The zero-order valence-electron chi connectivity index (χ0n) is 58.0. The lowest BCUT2D eigenvalue weighted by atomic mass is 9.78. The predicted molar refractivity (Wildman–Crippen MR) is 381 cm³/mol. The van der Waals surface area contributed by atoms with Crippen molar-refractivity contribution in [2.24, 2.45) is 0 Å². The van der Waals surface area contributed by atoms with Gasteiger partial charge in [-0.1, -0.05) is 239 Å². The van der Waals surface area contributed by atoms with Crippen LogP contribution in [0.15, 0.2) is 122 Å². The third-order valence-electron chi connectivity index (χ3n) is 18.2. The molecule has 8 bridgehead atoms. The van der Waals surface area contributed by atoms with Gasteiger partial charge in [-0.25, -0.2) is 15.0 Å². The largest absolute Gasteiger partial charge is 0.354 e. The van der Waals surface area contributed by atoms with Crippen LogP contribution in [0.25, 0.3) is 113 Å². The Kier molecular flexibility index (Phi) is 15.1. The summed E-state index contributed by atoms with van der Waals surface area (Å²) >= 11 is 0. The summed E-state index contributed by atoms with van der Waals surface area (Å²) in [5.74, 6) is 0.748. The lowest BCUT2D eigenvalue weighted by Gasteiger charge is -2.26. The monoisotopic (exact) mass is 1180 g/mol. The molecule has 89 heavy (non-hydrogen) atoms. The summed E-state index contributed by atoms with van der Waals surface area (Å²) in [6.45, 7) is 55.7. The SMILES string of the molecule is CC(C)(C)c1cc(-c2c3nc(c(-c4cc(C(C)(C)C)cc(C(C)(C)C)c4)c4ccc([nH]4)c(-c4cc(C(C)(C)C)cc(C(C)(C)C)c4)c4nc(c(-c5cc(C(C)(C)C)cc(C(C)(C)C)c5)c5ccc2[nH]5)-c2nc(-c5ccncc5)[nH]c2-4)C=C3)cc(C(C)(C)C)c1.